The Balaban J connectivity index is 2.59. The lowest BCUT2D eigenvalue weighted by molar-refractivity contribution is 1.25. The van der Waals surface area contributed by atoms with Crippen LogP contribution in [0.4, 0.5) is 5.82 Å². The van der Waals surface area contributed by atoms with Crippen LogP contribution in [0.25, 0.3) is 11.1 Å². The van der Waals surface area contributed by atoms with Crippen molar-refractivity contribution >= 4 is 21.7 Å². The minimum absolute atomic E-state index is 0.190. The standard InChI is InChI=1S/C11H9BrN2O/c12-9-3-1-2-7(4-9)8-5-10(13)14-11(15)6-8/h1-6H,(H3,13,14,15). The molecular formula is C11H9BrN2O. The second kappa shape index (κ2) is 3.90. The predicted octanol–water partition coefficient (Wildman–Crippen LogP) is 2.39. The number of nitrogens with one attached hydrogen (secondary N) is 1. The molecule has 3 nitrogen and oxygen atoms in total. The third-order valence-electron chi connectivity index (χ3n) is 2.02. The van der Waals surface area contributed by atoms with E-state index in [-0.39, 0.29) is 5.56 Å². The van der Waals surface area contributed by atoms with E-state index in [4.69, 9.17) is 5.73 Å². The molecule has 0 aliphatic rings. The van der Waals surface area contributed by atoms with Crippen LogP contribution in [0.1, 0.15) is 0 Å². The zero-order valence-electron chi connectivity index (χ0n) is 7.83. The highest BCUT2D eigenvalue weighted by atomic mass is 79.9. The van der Waals surface area contributed by atoms with Crippen molar-refractivity contribution in [2.75, 3.05) is 5.73 Å². The Morgan fingerprint density at radius 1 is 1.13 bits per heavy atom. The van der Waals surface area contributed by atoms with Crippen LogP contribution in [-0.2, 0) is 0 Å². The Morgan fingerprint density at radius 3 is 2.60 bits per heavy atom. The first-order valence-corrected chi connectivity index (χ1v) is 5.20. The fourth-order valence-corrected chi connectivity index (χ4v) is 1.80. The van der Waals surface area contributed by atoms with Gasteiger partial charge in [-0.1, -0.05) is 28.1 Å². The monoisotopic (exact) mass is 264 g/mol. The maximum Gasteiger partial charge on any atom is 0.250 e. The van der Waals surface area contributed by atoms with E-state index in [1.165, 1.54) is 6.07 Å². The molecule has 0 fully saturated rings. The summed E-state index contributed by atoms with van der Waals surface area (Å²) in [6.45, 7) is 0. The Kier molecular flexibility index (Phi) is 2.60. The summed E-state index contributed by atoms with van der Waals surface area (Å²) in [5.41, 5.74) is 7.16. The van der Waals surface area contributed by atoms with Gasteiger partial charge in [-0.15, -0.1) is 0 Å². The number of hydrogen-bond acceptors (Lipinski definition) is 2. The zero-order chi connectivity index (χ0) is 10.8. The Labute approximate surface area is 95.1 Å². The van der Waals surface area contributed by atoms with Gasteiger partial charge in [-0.05, 0) is 29.3 Å². The molecule has 1 aromatic heterocycles. The van der Waals surface area contributed by atoms with Crippen molar-refractivity contribution < 1.29 is 0 Å². The second-order valence-electron chi connectivity index (χ2n) is 3.20. The number of pyridine rings is 1. The van der Waals surface area contributed by atoms with E-state index in [0.29, 0.717) is 5.82 Å². The van der Waals surface area contributed by atoms with Gasteiger partial charge >= 0.3 is 0 Å². The molecule has 15 heavy (non-hydrogen) atoms. The molecule has 1 aromatic carbocycles. The van der Waals surface area contributed by atoms with Crippen molar-refractivity contribution in [1.29, 1.82) is 0 Å². The lowest BCUT2D eigenvalue weighted by Gasteiger charge is -2.02. The molecule has 0 amide bonds. The van der Waals surface area contributed by atoms with Gasteiger partial charge in [0.15, 0.2) is 0 Å². The Morgan fingerprint density at radius 2 is 1.93 bits per heavy atom. The van der Waals surface area contributed by atoms with Crippen molar-refractivity contribution in [2.45, 2.75) is 0 Å². The molecule has 0 aliphatic carbocycles. The van der Waals surface area contributed by atoms with Crippen molar-refractivity contribution in [2.24, 2.45) is 0 Å². The SMILES string of the molecule is Nc1cc(-c2cccc(Br)c2)cc(=O)[nH]1. The Bertz CT molecular complexity index is 548. The Hall–Kier alpha value is -1.55. The number of halogens is 1. The number of aromatic nitrogens is 1. The lowest BCUT2D eigenvalue weighted by Crippen LogP contribution is -2.07. The highest BCUT2D eigenvalue weighted by Gasteiger charge is 2.00. The van der Waals surface area contributed by atoms with Gasteiger partial charge in [0.1, 0.15) is 5.82 Å². The van der Waals surface area contributed by atoms with Crippen LogP contribution in [-0.4, -0.2) is 4.98 Å². The molecule has 0 bridgehead atoms. The molecule has 0 atom stereocenters. The molecule has 4 heteroatoms. The van der Waals surface area contributed by atoms with E-state index in [2.05, 4.69) is 20.9 Å². The van der Waals surface area contributed by atoms with Gasteiger partial charge in [0.05, 0.1) is 0 Å². The van der Waals surface area contributed by atoms with E-state index in [1.807, 2.05) is 24.3 Å². The summed E-state index contributed by atoms with van der Waals surface area (Å²) < 4.78 is 0.971. The number of hydrogen-bond donors (Lipinski definition) is 2. The molecule has 0 spiro atoms. The van der Waals surface area contributed by atoms with Gasteiger partial charge in [-0.3, -0.25) is 4.79 Å². The van der Waals surface area contributed by atoms with E-state index in [0.717, 1.165) is 15.6 Å². The molecule has 0 aliphatic heterocycles. The molecule has 2 aromatic rings. The number of rotatable bonds is 1. The van der Waals surface area contributed by atoms with Gasteiger partial charge in [-0.2, -0.15) is 0 Å². The largest absolute Gasteiger partial charge is 0.385 e. The fraction of sp³-hybridized carbons (Fsp3) is 0. The van der Waals surface area contributed by atoms with Gasteiger partial charge in [0.2, 0.25) is 5.56 Å². The average Bonchev–Trinajstić information content (AvgIpc) is 2.16. The fourth-order valence-electron chi connectivity index (χ4n) is 1.40. The maximum atomic E-state index is 11.2. The number of aromatic amines is 1. The molecule has 2 rings (SSSR count). The molecular weight excluding hydrogens is 256 g/mol. The van der Waals surface area contributed by atoms with Crippen LogP contribution in [0, 0.1) is 0 Å². The molecule has 3 N–H and O–H groups in total. The van der Waals surface area contributed by atoms with Crippen LogP contribution in [0.3, 0.4) is 0 Å². The van der Waals surface area contributed by atoms with Crippen molar-refractivity contribution in [1.82, 2.24) is 4.98 Å². The number of anilines is 1. The third-order valence-corrected chi connectivity index (χ3v) is 2.52. The summed E-state index contributed by atoms with van der Waals surface area (Å²) in [6, 6.07) is 11.0. The van der Waals surface area contributed by atoms with E-state index < -0.39 is 0 Å². The molecule has 0 unspecified atom stereocenters. The quantitative estimate of drug-likeness (QED) is 0.831. The molecule has 0 saturated carbocycles. The van der Waals surface area contributed by atoms with Crippen LogP contribution in [0.5, 0.6) is 0 Å². The zero-order valence-corrected chi connectivity index (χ0v) is 9.41. The number of benzene rings is 1. The van der Waals surface area contributed by atoms with E-state index in [9.17, 15) is 4.79 Å². The van der Waals surface area contributed by atoms with Crippen molar-refractivity contribution in [3.63, 3.8) is 0 Å². The first kappa shape index (κ1) is 9.98. The number of nitrogens with two attached hydrogens (primary N) is 1. The average molecular weight is 265 g/mol. The van der Waals surface area contributed by atoms with Gasteiger partial charge < -0.3 is 10.7 Å². The van der Waals surface area contributed by atoms with Gasteiger partial charge in [0, 0.05) is 10.5 Å². The summed E-state index contributed by atoms with van der Waals surface area (Å²) in [5.74, 6) is 0.373. The minimum Gasteiger partial charge on any atom is -0.385 e. The first-order valence-electron chi connectivity index (χ1n) is 4.41. The molecule has 76 valence electrons. The molecule has 0 saturated heterocycles. The molecule has 1 heterocycles. The van der Waals surface area contributed by atoms with Crippen LogP contribution >= 0.6 is 15.9 Å². The highest BCUT2D eigenvalue weighted by molar-refractivity contribution is 9.10. The summed E-state index contributed by atoms with van der Waals surface area (Å²) in [4.78, 5) is 13.7. The highest BCUT2D eigenvalue weighted by Crippen LogP contribution is 2.22. The molecule has 0 radical (unpaired) electrons. The third kappa shape index (κ3) is 2.27. The number of nitrogen functional groups attached to an aromatic ring is 1. The topological polar surface area (TPSA) is 58.9 Å². The van der Waals surface area contributed by atoms with Gasteiger partial charge in [-0.25, -0.2) is 0 Å². The number of H-pyrrole nitrogens is 1. The van der Waals surface area contributed by atoms with Crippen molar-refractivity contribution in [3.05, 3.63) is 51.2 Å². The predicted molar refractivity (Wildman–Crippen MR) is 64.6 cm³/mol. The first-order chi connectivity index (χ1) is 7.15. The van der Waals surface area contributed by atoms with Crippen LogP contribution in [0.15, 0.2) is 45.7 Å². The summed E-state index contributed by atoms with van der Waals surface area (Å²) in [7, 11) is 0. The minimum atomic E-state index is -0.190. The normalized spacial score (nSPS) is 10.2. The van der Waals surface area contributed by atoms with Gasteiger partial charge in [0.25, 0.3) is 0 Å². The van der Waals surface area contributed by atoms with E-state index >= 15 is 0 Å². The van der Waals surface area contributed by atoms with E-state index in [1.54, 1.807) is 6.07 Å². The second-order valence-corrected chi connectivity index (χ2v) is 4.11. The lowest BCUT2D eigenvalue weighted by atomic mass is 10.1. The van der Waals surface area contributed by atoms with Crippen molar-refractivity contribution in [3.8, 4) is 11.1 Å². The van der Waals surface area contributed by atoms with Crippen LogP contribution < -0.4 is 11.3 Å². The summed E-state index contributed by atoms with van der Waals surface area (Å²) in [5, 5.41) is 0. The maximum absolute atomic E-state index is 11.2. The summed E-state index contributed by atoms with van der Waals surface area (Å²) >= 11 is 3.38. The summed E-state index contributed by atoms with van der Waals surface area (Å²) in [6.07, 6.45) is 0. The smallest absolute Gasteiger partial charge is 0.250 e. The van der Waals surface area contributed by atoms with Crippen LogP contribution in [0.2, 0.25) is 0 Å².